The molecule has 1 aliphatic heterocycles. The minimum absolute atomic E-state index is 0.0807. The first-order chi connectivity index (χ1) is 11.1. The van der Waals surface area contributed by atoms with E-state index in [1.807, 2.05) is 6.07 Å². The van der Waals surface area contributed by atoms with Crippen LogP contribution in [0.1, 0.15) is 42.8 Å². The van der Waals surface area contributed by atoms with Crippen molar-refractivity contribution < 1.29 is 9.52 Å². The predicted octanol–water partition coefficient (Wildman–Crippen LogP) is 3.12. The molecule has 1 fully saturated rings. The van der Waals surface area contributed by atoms with Crippen molar-refractivity contribution in [3.8, 4) is 11.5 Å². The number of aliphatic hydroxyl groups is 1. The van der Waals surface area contributed by atoms with Crippen LogP contribution in [0.5, 0.6) is 0 Å². The molecule has 2 heterocycles. The molecule has 0 saturated carbocycles. The molecule has 1 aliphatic rings. The number of nitrogens with zero attached hydrogens (tertiary/aromatic N) is 3. The van der Waals surface area contributed by atoms with Crippen LogP contribution >= 0.6 is 0 Å². The molecule has 1 aromatic heterocycles. The lowest BCUT2D eigenvalue weighted by Crippen LogP contribution is -2.38. The van der Waals surface area contributed by atoms with Gasteiger partial charge in [0.05, 0.1) is 6.04 Å². The van der Waals surface area contributed by atoms with Gasteiger partial charge in [0.1, 0.15) is 0 Å². The zero-order valence-corrected chi connectivity index (χ0v) is 14.1. The van der Waals surface area contributed by atoms with Crippen LogP contribution in [-0.2, 0) is 0 Å². The van der Waals surface area contributed by atoms with Gasteiger partial charge in [-0.2, -0.15) is 0 Å². The van der Waals surface area contributed by atoms with Crippen molar-refractivity contribution in [2.24, 2.45) is 5.92 Å². The monoisotopic (exact) mass is 315 g/mol. The Labute approximate surface area is 137 Å². The number of piperidine rings is 1. The first-order valence-corrected chi connectivity index (χ1v) is 8.34. The molecule has 2 atom stereocenters. The quantitative estimate of drug-likeness (QED) is 0.939. The summed E-state index contributed by atoms with van der Waals surface area (Å²) in [5.41, 5.74) is 3.44. The Balaban J connectivity index is 1.76. The Morgan fingerprint density at radius 2 is 2.13 bits per heavy atom. The maximum Gasteiger partial charge on any atom is 0.247 e. The lowest BCUT2D eigenvalue weighted by molar-refractivity contribution is 0.0839. The van der Waals surface area contributed by atoms with Gasteiger partial charge in [0.25, 0.3) is 0 Å². The van der Waals surface area contributed by atoms with Crippen molar-refractivity contribution in [1.82, 2.24) is 15.1 Å². The first kappa shape index (κ1) is 16.1. The van der Waals surface area contributed by atoms with Crippen LogP contribution in [0, 0.1) is 19.8 Å². The highest BCUT2D eigenvalue weighted by atomic mass is 16.4. The van der Waals surface area contributed by atoms with Crippen molar-refractivity contribution >= 4 is 0 Å². The fourth-order valence-corrected chi connectivity index (χ4v) is 3.15. The molecule has 1 N–H and O–H groups in total. The maximum atomic E-state index is 9.38. The van der Waals surface area contributed by atoms with Gasteiger partial charge in [-0.3, -0.25) is 4.90 Å². The topological polar surface area (TPSA) is 62.4 Å². The molecule has 2 aromatic rings. The Morgan fingerprint density at radius 1 is 1.30 bits per heavy atom. The van der Waals surface area contributed by atoms with Gasteiger partial charge >= 0.3 is 0 Å². The summed E-state index contributed by atoms with van der Waals surface area (Å²) >= 11 is 0. The van der Waals surface area contributed by atoms with Crippen LogP contribution in [-0.4, -0.2) is 39.9 Å². The Kier molecular flexibility index (Phi) is 4.78. The summed E-state index contributed by atoms with van der Waals surface area (Å²) in [5, 5.41) is 17.9. The number of aryl methyl sites for hydroxylation is 2. The van der Waals surface area contributed by atoms with Gasteiger partial charge in [0, 0.05) is 18.7 Å². The van der Waals surface area contributed by atoms with E-state index in [-0.39, 0.29) is 12.6 Å². The van der Waals surface area contributed by atoms with E-state index in [0.29, 0.717) is 17.7 Å². The van der Waals surface area contributed by atoms with E-state index in [2.05, 4.69) is 48.0 Å². The van der Waals surface area contributed by atoms with Crippen LogP contribution < -0.4 is 0 Å². The van der Waals surface area contributed by atoms with E-state index in [4.69, 9.17) is 4.42 Å². The van der Waals surface area contributed by atoms with Crippen molar-refractivity contribution in [3.63, 3.8) is 0 Å². The van der Waals surface area contributed by atoms with Crippen LogP contribution in [0.4, 0.5) is 0 Å². The van der Waals surface area contributed by atoms with E-state index < -0.39 is 0 Å². The summed E-state index contributed by atoms with van der Waals surface area (Å²) in [6.45, 7) is 8.42. The van der Waals surface area contributed by atoms with Crippen molar-refractivity contribution in [2.45, 2.75) is 39.7 Å². The molecule has 0 radical (unpaired) electrons. The molecule has 0 amide bonds. The van der Waals surface area contributed by atoms with E-state index in [0.717, 1.165) is 31.5 Å². The van der Waals surface area contributed by atoms with Crippen LogP contribution in [0.3, 0.4) is 0 Å². The largest absolute Gasteiger partial charge is 0.419 e. The molecule has 1 aromatic carbocycles. The van der Waals surface area contributed by atoms with Crippen molar-refractivity contribution in [1.29, 1.82) is 0 Å². The third kappa shape index (κ3) is 3.46. The first-order valence-electron chi connectivity index (χ1n) is 8.34. The highest BCUT2D eigenvalue weighted by Gasteiger charge is 2.27. The number of rotatable bonds is 4. The standard InChI is InChI=1S/C18H25N3O2/c1-12-6-7-16(9-13(12)2)18-20-19-17(23-18)14(3)21-8-4-5-15(10-21)11-22/h6-7,9,14-15,22H,4-5,8,10-11H2,1-3H3. The summed E-state index contributed by atoms with van der Waals surface area (Å²) in [6.07, 6.45) is 2.20. The van der Waals surface area contributed by atoms with E-state index in [1.54, 1.807) is 0 Å². The Bertz CT molecular complexity index is 668. The molecular formula is C18H25N3O2. The zero-order chi connectivity index (χ0) is 16.4. The van der Waals surface area contributed by atoms with Gasteiger partial charge in [0.2, 0.25) is 11.8 Å². The van der Waals surface area contributed by atoms with Gasteiger partial charge in [-0.15, -0.1) is 10.2 Å². The van der Waals surface area contributed by atoms with Crippen LogP contribution in [0.15, 0.2) is 22.6 Å². The lowest BCUT2D eigenvalue weighted by Gasteiger charge is -2.34. The van der Waals surface area contributed by atoms with Gasteiger partial charge < -0.3 is 9.52 Å². The second kappa shape index (κ2) is 6.81. The van der Waals surface area contributed by atoms with Crippen LogP contribution in [0.2, 0.25) is 0 Å². The second-order valence-corrected chi connectivity index (χ2v) is 6.61. The average Bonchev–Trinajstić information content (AvgIpc) is 3.06. The van der Waals surface area contributed by atoms with E-state index in [9.17, 15) is 5.11 Å². The fourth-order valence-electron chi connectivity index (χ4n) is 3.15. The summed E-state index contributed by atoms with van der Waals surface area (Å²) in [4.78, 5) is 2.32. The number of aromatic nitrogens is 2. The van der Waals surface area contributed by atoms with Gasteiger partial charge in [-0.1, -0.05) is 6.07 Å². The summed E-state index contributed by atoms with van der Waals surface area (Å²) < 4.78 is 5.92. The lowest BCUT2D eigenvalue weighted by atomic mass is 9.98. The van der Waals surface area contributed by atoms with E-state index >= 15 is 0 Å². The third-order valence-electron chi connectivity index (χ3n) is 4.91. The van der Waals surface area contributed by atoms with Gasteiger partial charge in [0.15, 0.2) is 0 Å². The highest BCUT2D eigenvalue weighted by molar-refractivity contribution is 5.55. The molecular weight excluding hydrogens is 290 g/mol. The molecule has 124 valence electrons. The number of likely N-dealkylation sites (tertiary alicyclic amines) is 1. The maximum absolute atomic E-state index is 9.38. The number of benzene rings is 1. The van der Waals surface area contributed by atoms with Crippen LogP contribution in [0.25, 0.3) is 11.5 Å². The predicted molar refractivity (Wildman–Crippen MR) is 89.0 cm³/mol. The summed E-state index contributed by atoms with van der Waals surface area (Å²) in [6, 6.07) is 6.26. The fraction of sp³-hybridized carbons (Fsp3) is 0.556. The summed E-state index contributed by atoms with van der Waals surface area (Å²) in [7, 11) is 0. The van der Waals surface area contributed by atoms with Gasteiger partial charge in [-0.05, 0) is 69.3 Å². The minimum Gasteiger partial charge on any atom is -0.419 e. The normalized spacial score (nSPS) is 20.6. The molecule has 2 unspecified atom stereocenters. The number of aliphatic hydroxyl groups excluding tert-OH is 1. The SMILES string of the molecule is Cc1ccc(-c2nnc(C(C)N3CCCC(CO)C3)o2)cc1C. The number of hydrogen-bond donors (Lipinski definition) is 1. The van der Waals surface area contributed by atoms with Gasteiger partial charge in [-0.25, -0.2) is 0 Å². The van der Waals surface area contributed by atoms with Crippen molar-refractivity contribution in [3.05, 3.63) is 35.2 Å². The molecule has 0 aliphatic carbocycles. The third-order valence-corrected chi connectivity index (χ3v) is 4.91. The molecule has 5 nitrogen and oxygen atoms in total. The zero-order valence-electron chi connectivity index (χ0n) is 14.1. The molecule has 5 heteroatoms. The minimum atomic E-state index is 0.0807. The molecule has 0 spiro atoms. The molecule has 3 rings (SSSR count). The Morgan fingerprint density at radius 3 is 2.87 bits per heavy atom. The smallest absolute Gasteiger partial charge is 0.247 e. The molecule has 23 heavy (non-hydrogen) atoms. The second-order valence-electron chi connectivity index (χ2n) is 6.61. The molecule has 0 bridgehead atoms. The van der Waals surface area contributed by atoms with Crippen molar-refractivity contribution in [2.75, 3.05) is 19.7 Å². The Hall–Kier alpha value is -1.72. The van der Waals surface area contributed by atoms with E-state index in [1.165, 1.54) is 11.1 Å². The number of hydrogen-bond acceptors (Lipinski definition) is 5. The summed E-state index contributed by atoms with van der Waals surface area (Å²) in [5.74, 6) is 1.58. The average molecular weight is 315 g/mol. The molecule has 1 saturated heterocycles. The highest BCUT2D eigenvalue weighted by Crippen LogP contribution is 2.28.